The molecular formula is C12H15N5O4. The van der Waals surface area contributed by atoms with Crippen molar-refractivity contribution in [1.29, 1.82) is 5.26 Å². The minimum atomic E-state index is -1.13. The maximum Gasteiger partial charge on any atom is 0.329 e. The zero-order chi connectivity index (χ0) is 16.0. The Kier molecular flexibility index (Phi) is 5.57. The Balaban J connectivity index is 3.26. The number of carbonyl (C=O) groups is 1. The first-order valence-electron chi connectivity index (χ1n) is 6.01. The molecule has 1 rings (SSSR count). The summed E-state index contributed by atoms with van der Waals surface area (Å²) < 4.78 is 0. The Labute approximate surface area is 121 Å². The molecule has 0 spiro atoms. The second kappa shape index (κ2) is 7.16. The van der Waals surface area contributed by atoms with Crippen LogP contribution < -0.4 is 4.90 Å². The van der Waals surface area contributed by atoms with E-state index in [0.29, 0.717) is 6.54 Å². The van der Waals surface area contributed by atoms with Crippen molar-refractivity contribution in [1.82, 2.24) is 9.88 Å². The Morgan fingerprint density at radius 3 is 2.67 bits per heavy atom. The van der Waals surface area contributed by atoms with Crippen molar-refractivity contribution >= 4 is 17.5 Å². The summed E-state index contributed by atoms with van der Waals surface area (Å²) in [6.45, 7) is 0.293. The lowest BCUT2D eigenvalue weighted by molar-refractivity contribution is -0.384. The van der Waals surface area contributed by atoms with Crippen LogP contribution in [0.3, 0.4) is 0 Å². The highest BCUT2D eigenvalue weighted by atomic mass is 16.6. The van der Waals surface area contributed by atoms with Crippen molar-refractivity contribution in [3.8, 4) is 6.07 Å². The van der Waals surface area contributed by atoms with Crippen LogP contribution in [0, 0.1) is 21.4 Å². The third-order valence-corrected chi connectivity index (χ3v) is 2.65. The van der Waals surface area contributed by atoms with Crippen LogP contribution in [-0.2, 0) is 4.79 Å². The quantitative estimate of drug-likeness (QED) is 0.562. The highest BCUT2D eigenvalue weighted by Crippen LogP contribution is 2.28. The number of hydrogen-bond donors (Lipinski definition) is 1. The van der Waals surface area contributed by atoms with Gasteiger partial charge in [-0.1, -0.05) is 0 Å². The third kappa shape index (κ3) is 4.39. The molecule has 0 aromatic carbocycles. The molecule has 1 heterocycles. The molecule has 0 radical (unpaired) electrons. The number of pyridine rings is 1. The Hall–Kier alpha value is -2.73. The van der Waals surface area contributed by atoms with E-state index in [1.54, 1.807) is 20.2 Å². The molecule has 112 valence electrons. The topological polar surface area (TPSA) is 124 Å². The van der Waals surface area contributed by atoms with E-state index in [-0.39, 0.29) is 17.9 Å². The van der Waals surface area contributed by atoms with Gasteiger partial charge in [0.15, 0.2) is 0 Å². The van der Waals surface area contributed by atoms with E-state index in [1.165, 1.54) is 17.2 Å². The fourth-order valence-electron chi connectivity index (χ4n) is 1.69. The summed E-state index contributed by atoms with van der Waals surface area (Å²) in [4.78, 5) is 28.4. The summed E-state index contributed by atoms with van der Waals surface area (Å²) in [5.74, 6) is -1.24. The monoisotopic (exact) mass is 293 g/mol. The van der Waals surface area contributed by atoms with E-state index in [0.717, 1.165) is 0 Å². The Morgan fingerprint density at radius 1 is 1.52 bits per heavy atom. The number of aliphatic carboxylic acids is 1. The number of carboxylic acid groups (broad SMARTS) is 1. The normalized spacial score (nSPS) is 10.2. The molecule has 0 aliphatic rings. The standard InChI is InChI=1S/C12H15N5O4/c1-15(2)5-6-16(8-10(18)19)12-11(17(20)21)9(7-13)3-4-14-12/h3-4H,5-6,8H2,1-2H3,(H,18,19). The summed E-state index contributed by atoms with van der Waals surface area (Å²) in [5, 5.41) is 29.1. The van der Waals surface area contributed by atoms with E-state index < -0.39 is 23.1 Å². The molecule has 0 saturated heterocycles. The van der Waals surface area contributed by atoms with E-state index >= 15 is 0 Å². The smallest absolute Gasteiger partial charge is 0.329 e. The second-order valence-electron chi connectivity index (χ2n) is 4.52. The van der Waals surface area contributed by atoms with E-state index in [2.05, 4.69) is 4.98 Å². The average Bonchev–Trinajstić information content (AvgIpc) is 2.41. The number of aromatic nitrogens is 1. The number of nitro groups is 1. The lowest BCUT2D eigenvalue weighted by Gasteiger charge is -2.23. The summed E-state index contributed by atoms with van der Waals surface area (Å²) in [7, 11) is 3.60. The summed E-state index contributed by atoms with van der Waals surface area (Å²) in [6, 6.07) is 2.95. The average molecular weight is 293 g/mol. The number of anilines is 1. The first-order chi connectivity index (χ1) is 9.86. The highest BCUT2D eigenvalue weighted by molar-refractivity contribution is 5.76. The molecule has 0 aliphatic carbocycles. The minimum Gasteiger partial charge on any atom is -0.480 e. The minimum absolute atomic E-state index is 0.108. The third-order valence-electron chi connectivity index (χ3n) is 2.65. The first-order valence-corrected chi connectivity index (χ1v) is 6.01. The summed E-state index contributed by atoms with van der Waals surface area (Å²) in [5.41, 5.74) is -0.620. The molecule has 21 heavy (non-hydrogen) atoms. The molecule has 0 atom stereocenters. The molecule has 9 heteroatoms. The molecular weight excluding hydrogens is 278 g/mol. The van der Waals surface area contributed by atoms with Crippen molar-refractivity contribution < 1.29 is 14.8 Å². The van der Waals surface area contributed by atoms with Crippen LogP contribution in [0.25, 0.3) is 0 Å². The van der Waals surface area contributed by atoms with Gasteiger partial charge in [-0.3, -0.25) is 14.9 Å². The SMILES string of the molecule is CN(C)CCN(CC(=O)O)c1nccc(C#N)c1[N+](=O)[O-]. The van der Waals surface area contributed by atoms with Gasteiger partial charge in [0, 0.05) is 19.3 Å². The van der Waals surface area contributed by atoms with Crippen molar-refractivity contribution in [3.05, 3.63) is 27.9 Å². The van der Waals surface area contributed by atoms with Gasteiger partial charge in [0.2, 0.25) is 5.82 Å². The molecule has 9 nitrogen and oxygen atoms in total. The van der Waals surface area contributed by atoms with Gasteiger partial charge in [-0.05, 0) is 20.2 Å². The molecule has 0 saturated carbocycles. The van der Waals surface area contributed by atoms with Crippen molar-refractivity contribution in [2.24, 2.45) is 0 Å². The van der Waals surface area contributed by atoms with Gasteiger partial charge in [-0.15, -0.1) is 0 Å². The lowest BCUT2D eigenvalue weighted by Crippen LogP contribution is -2.36. The maximum absolute atomic E-state index is 11.2. The van der Waals surface area contributed by atoms with Gasteiger partial charge in [0.1, 0.15) is 18.2 Å². The number of nitrogens with zero attached hydrogens (tertiary/aromatic N) is 5. The number of carboxylic acids is 1. The molecule has 1 aromatic rings. The molecule has 0 bridgehead atoms. The fourth-order valence-corrected chi connectivity index (χ4v) is 1.69. The number of likely N-dealkylation sites (N-methyl/N-ethyl adjacent to an activating group) is 1. The van der Waals surface area contributed by atoms with Crippen LogP contribution in [0.15, 0.2) is 12.3 Å². The Morgan fingerprint density at radius 2 is 2.19 bits per heavy atom. The first kappa shape index (κ1) is 16.3. The molecule has 0 aliphatic heterocycles. The van der Waals surface area contributed by atoms with Gasteiger partial charge >= 0.3 is 11.7 Å². The van der Waals surface area contributed by atoms with E-state index in [4.69, 9.17) is 10.4 Å². The van der Waals surface area contributed by atoms with Crippen molar-refractivity contribution in [2.45, 2.75) is 0 Å². The van der Waals surface area contributed by atoms with Gasteiger partial charge < -0.3 is 14.9 Å². The van der Waals surface area contributed by atoms with E-state index in [1.807, 2.05) is 4.90 Å². The van der Waals surface area contributed by atoms with Gasteiger partial charge in [-0.2, -0.15) is 5.26 Å². The largest absolute Gasteiger partial charge is 0.480 e. The number of rotatable bonds is 7. The predicted octanol–water partition coefficient (Wildman–Crippen LogP) is 0.314. The Bertz CT molecular complexity index is 582. The molecule has 1 aromatic heterocycles. The summed E-state index contributed by atoms with van der Waals surface area (Å²) in [6.07, 6.45) is 1.26. The zero-order valence-electron chi connectivity index (χ0n) is 11.7. The van der Waals surface area contributed by atoms with Gasteiger partial charge in [-0.25, -0.2) is 4.98 Å². The second-order valence-corrected chi connectivity index (χ2v) is 4.52. The van der Waals surface area contributed by atoms with Crippen LogP contribution in [0.2, 0.25) is 0 Å². The maximum atomic E-state index is 11.2. The molecule has 1 N–H and O–H groups in total. The van der Waals surface area contributed by atoms with Gasteiger partial charge in [0.05, 0.1) is 4.92 Å². The predicted molar refractivity (Wildman–Crippen MR) is 74.0 cm³/mol. The molecule has 0 unspecified atom stereocenters. The highest BCUT2D eigenvalue weighted by Gasteiger charge is 2.26. The number of nitriles is 1. The van der Waals surface area contributed by atoms with Crippen LogP contribution in [-0.4, -0.2) is 59.6 Å². The van der Waals surface area contributed by atoms with Crippen LogP contribution in [0.5, 0.6) is 0 Å². The number of hydrogen-bond acceptors (Lipinski definition) is 7. The van der Waals surface area contributed by atoms with Crippen molar-refractivity contribution in [2.75, 3.05) is 38.6 Å². The van der Waals surface area contributed by atoms with Crippen LogP contribution in [0.4, 0.5) is 11.5 Å². The molecule has 0 amide bonds. The van der Waals surface area contributed by atoms with Gasteiger partial charge in [0.25, 0.3) is 0 Å². The lowest BCUT2D eigenvalue weighted by atomic mass is 10.2. The molecule has 0 fully saturated rings. The fraction of sp³-hybridized carbons (Fsp3) is 0.417. The van der Waals surface area contributed by atoms with Crippen LogP contribution in [0.1, 0.15) is 5.56 Å². The van der Waals surface area contributed by atoms with E-state index in [9.17, 15) is 14.9 Å². The van der Waals surface area contributed by atoms with Crippen LogP contribution >= 0.6 is 0 Å². The summed E-state index contributed by atoms with van der Waals surface area (Å²) >= 11 is 0. The zero-order valence-corrected chi connectivity index (χ0v) is 11.7. The van der Waals surface area contributed by atoms with Crippen molar-refractivity contribution in [3.63, 3.8) is 0 Å².